The largest absolute Gasteiger partial charge is 0.508 e. The van der Waals surface area contributed by atoms with E-state index in [1.165, 1.54) is 6.42 Å². The third-order valence-corrected chi connectivity index (χ3v) is 1.79. The van der Waals surface area contributed by atoms with E-state index in [2.05, 4.69) is 6.92 Å². The molecule has 0 saturated heterocycles. The number of carbonyl (C=O) groups is 1. The molecular formula is C11H16O4. The molecule has 0 radical (unpaired) electrons. The van der Waals surface area contributed by atoms with Gasteiger partial charge in [-0.05, 0) is 24.5 Å². The molecular weight excluding hydrogens is 196 g/mol. The fourth-order valence-electron chi connectivity index (χ4n) is 1.09. The molecule has 0 aliphatic heterocycles. The first kappa shape index (κ1) is 13.3. The highest BCUT2D eigenvalue weighted by Crippen LogP contribution is 2.17. The minimum absolute atomic E-state index is 0.431. The predicted molar refractivity (Wildman–Crippen MR) is 57.4 cm³/mol. The first-order chi connectivity index (χ1) is 7.07. The van der Waals surface area contributed by atoms with E-state index in [4.69, 9.17) is 15.0 Å². The van der Waals surface area contributed by atoms with Gasteiger partial charge < -0.3 is 15.3 Å². The van der Waals surface area contributed by atoms with Crippen LogP contribution in [0.2, 0.25) is 0 Å². The molecule has 0 heterocycles. The lowest BCUT2D eigenvalue weighted by molar-refractivity contribution is 0.137. The van der Waals surface area contributed by atoms with E-state index in [-0.39, 0.29) is 0 Å². The zero-order valence-electron chi connectivity index (χ0n) is 8.68. The van der Waals surface area contributed by atoms with Crippen LogP contribution in [-0.4, -0.2) is 21.5 Å². The molecule has 1 aromatic carbocycles. The van der Waals surface area contributed by atoms with Gasteiger partial charge in [-0.25, -0.2) is 4.79 Å². The van der Waals surface area contributed by atoms with Crippen molar-refractivity contribution in [2.75, 3.05) is 0 Å². The highest BCUT2D eigenvalue weighted by Gasteiger charge is 1.96. The second-order valence-corrected chi connectivity index (χ2v) is 3.01. The van der Waals surface area contributed by atoms with Crippen LogP contribution in [0.4, 0.5) is 4.79 Å². The van der Waals surface area contributed by atoms with Crippen molar-refractivity contribution in [3.8, 4) is 5.75 Å². The molecule has 0 unspecified atom stereocenters. The number of hydrogen-bond donors (Lipinski definition) is 3. The van der Waals surface area contributed by atoms with Gasteiger partial charge in [-0.15, -0.1) is 0 Å². The van der Waals surface area contributed by atoms with E-state index in [0.29, 0.717) is 5.75 Å². The molecule has 0 spiro atoms. The van der Waals surface area contributed by atoms with Crippen LogP contribution in [0.15, 0.2) is 24.3 Å². The van der Waals surface area contributed by atoms with E-state index in [9.17, 15) is 5.11 Å². The second-order valence-electron chi connectivity index (χ2n) is 3.01. The normalized spacial score (nSPS) is 8.87. The van der Waals surface area contributed by atoms with E-state index < -0.39 is 6.16 Å². The maximum absolute atomic E-state index is 9.34. The van der Waals surface area contributed by atoms with E-state index in [0.717, 1.165) is 18.4 Å². The predicted octanol–water partition coefficient (Wildman–Crippen LogP) is 2.96. The third kappa shape index (κ3) is 7.37. The number of aromatic hydroxyl groups is 1. The highest BCUT2D eigenvalue weighted by molar-refractivity contribution is 5.53. The Bertz CT molecular complexity index is 292. The summed E-state index contributed by atoms with van der Waals surface area (Å²) in [4.78, 5) is 8.56. The summed E-state index contributed by atoms with van der Waals surface area (Å²) in [7, 11) is 0. The Labute approximate surface area is 88.8 Å². The Morgan fingerprint density at radius 3 is 2.27 bits per heavy atom. The van der Waals surface area contributed by atoms with Gasteiger partial charge in [-0.1, -0.05) is 31.5 Å². The van der Waals surface area contributed by atoms with Crippen molar-refractivity contribution in [3.05, 3.63) is 29.8 Å². The van der Waals surface area contributed by atoms with Crippen LogP contribution >= 0.6 is 0 Å². The van der Waals surface area contributed by atoms with Crippen molar-refractivity contribution >= 4 is 6.16 Å². The van der Waals surface area contributed by atoms with Crippen LogP contribution in [-0.2, 0) is 6.42 Å². The maximum Gasteiger partial charge on any atom is 0.503 e. The Kier molecular flexibility index (Phi) is 6.80. The average molecular weight is 212 g/mol. The summed E-state index contributed by atoms with van der Waals surface area (Å²) in [6, 6.07) is 7.53. The monoisotopic (exact) mass is 212 g/mol. The number of phenolic OH excluding ortho intramolecular Hbond substituents is 1. The van der Waals surface area contributed by atoms with Gasteiger partial charge in [0, 0.05) is 0 Å². The summed E-state index contributed by atoms with van der Waals surface area (Å²) in [6.07, 6.45) is 1.48. The minimum Gasteiger partial charge on any atom is -0.508 e. The van der Waals surface area contributed by atoms with Crippen LogP contribution in [0.25, 0.3) is 0 Å². The molecule has 1 aromatic rings. The fraction of sp³-hybridized carbons (Fsp3) is 0.364. The molecule has 0 aliphatic rings. The SMILES string of the molecule is CCCCc1ccccc1O.O=C(O)O. The van der Waals surface area contributed by atoms with Crippen molar-refractivity contribution < 1.29 is 20.1 Å². The van der Waals surface area contributed by atoms with E-state index >= 15 is 0 Å². The molecule has 0 fully saturated rings. The molecule has 15 heavy (non-hydrogen) atoms. The average Bonchev–Trinajstić information content (AvgIpc) is 2.16. The highest BCUT2D eigenvalue weighted by atomic mass is 16.6. The molecule has 0 saturated carbocycles. The Hall–Kier alpha value is -1.71. The smallest absolute Gasteiger partial charge is 0.503 e. The Morgan fingerprint density at radius 2 is 1.80 bits per heavy atom. The van der Waals surface area contributed by atoms with Crippen molar-refractivity contribution in [1.29, 1.82) is 0 Å². The van der Waals surface area contributed by atoms with Gasteiger partial charge in [-0.2, -0.15) is 0 Å². The Balaban J connectivity index is 0.000000423. The lowest BCUT2D eigenvalue weighted by Gasteiger charge is -2.01. The van der Waals surface area contributed by atoms with Gasteiger partial charge >= 0.3 is 6.16 Å². The van der Waals surface area contributed by atoms with Gasteiger partial charge in [0.05, 0.1) is 0 Å². The first-order valence-corrected chi connectivity index (χ1v) is 4.76. The molecule has 4 heteroatoms. The van der Waals surface area contributed by atoms with Crippen LogP contribution in [0.1, 0.15) is 25.3 Å². The molecule has 0 aromatic heterocycles. The van der Waals surface area contributed by atoms with Crippen molar-refractivity contribution in [2.45, 2.75) is 26.2 Å². The lowest BCUT2D eigenvalue weighted by Crippen LogP contribution is -1.83. The topological polar surface area (TPSA) is 77.8 Å². The molecule has 0 amide bonds. The lowest BCUT2D eigenvalue weighted by atomic mass is 10.1. The summed E-state index contributed by atoms with van der Waals surface area (Å²) < 4.78 is 0. The van der Waals surface area contributed by atoms with Crippen LogP contribution in [0, 0.1) is 0 Å². The number of aryl methyl sites for hydroxylation is 1. The molecule has 4 nitrogen and oxygen atoms in total. The summed E-state index contributed by atoms with van der Waals surface area (Å²) in [6.45, 7) is 2.15. The number of carboxylic acid groups (broad SMARTS) is 2. The number of hydrogen-bond acceptors (Lipinski definition) is 2. The number of benzene rings is 1. The Morgan fingerprint density at radius 1 is 1.27 bits per heavy atom. The van der Waals surface area contributed by atoms with Crippen molar-refractivity contribution in [3.63, 3.8) is 0 Å². The third-order valence-electron chi connectivity index (χ3n) is 1.79. The standard InChI is InChI=1S/C10H14O.CH2O3/c1-2-3-6-9-7-4-5-8-10(9)11;2-1(3)4/h4-5,7-8,11H,2-3,6H2,1H3;(H2,2,3,4). The van der Waals surface area contributed by atoms with Crippen LogP contribution in [0.5, 0.6) is 5.75 Å². The van der Waals surface area contributed by atoms with Crippen LogP contribution < -0.4 is 0 Å². The first-order valence-electron chi connectivity index (χ1n) is 4.76. The quantitative estimate of drug-likeness (QED) is 0.719. The molecule has 0 bridgehead atoms. The number of rotatable bonds is 3. The number of unbranched alkanes of at least 4 members (excludes halogenated alkanes) is 1. The molecule has 3 N–H and O–H groups in total. The number of phenols is 1. The van der Waals surface area contributed by atoms with Gasteiger partial charge in [0.25, 0.3) is 0 Å². The summed E-state index contributed by atoms with van der Waals surface area (Å²) in [5.41, 5.74) is 1.06. The minimum atomic E-state index is -1.83. The second kappa shape index (κ2) is 7.67. The maximum atomic E-state index is 9.34. The molecule has 0 aliphatic carbocycles. The summed E-state index contributed by atoms with van der Waals surface area (Å²) >= 11 is 0. The zero-order chi connectivity index (χ0) is 11.7. The number of para-hydroxylation sites is 1. The summed E-state index contributed by atoms with van der Waals surface area (Å²) in [5, 5.41) is 23.3. The summed E-state index contributed by atoms with van der Waals surface area (Å²) in [5.74, 6) is 0.431. The zero-order valence-corrected chi connectivity index (χ0v) is 8.68. The molecule has 1 rings (SSSR count). The van der Waals surface area contributed by atoms with Gasteiger partial charge in [0.1, 0.15) is 5.75 Å². The van der Waals surface area contributed by atoms with Crippen molar-refractivity contribution in [1.82, 2.24) is 0 Å². The van der Waals surface area contributed by atoms with Gasteiger partial charge in [-0.3, -0.25) is 0 Å². The van der Waals surface area contributed by atoms with Gasteiger partial charge in [0.2, 0.25) is 0 Å². The fourth-order valence-corrected chi connectivity index (χ4v) is 1.09. The van der Waals surface area contributed by atoms with Crippen molar-refractivity contribution in [2.24, 2.45) is 0 Å². The van der Waals surface area contributed by atoms with Gasteiger partial charge in [0.15, 0.2) is 0 Å². The molecule has 0 atom stereocenters. The van der Waals surface area contributed by atoms with Crippen LogP contribution in [0.3, 0.4) is 0 Å². The van der Waals surface area contributed by atoms with E-state index in [1.54, 1.807) is 6.07 Å². The van der Waals surface area contributed by atoms with E-state index in [1.807, 2.05) is 18.2 Å². The molecule has 84 valence electrons.